The van der Waals surface area contributed by atoms with E-state index in [-0.39, 0.29) is 5.54 Å². The van der Waals surface area contributed by atoms with Gasteiger partial charge in [0, 0.05) is 18.6 Å². The second kappa shape index (κ2) is 5.83. The van der Waals surface area contributed by atoms with Crippen molar-refractivity contribution in [3.05, 3.63) is 0 Å². The van der Waals surface area contributed by atoms with Crippen LogP contribution in [-0.4, -0.2) is 55.1 Å². The average molecular weight is 213 g/mol. The summed E-state index contributed by atoms with van der Waals surface area (Å²) in [5.41, 5.74) is 5.98. The monoisotopic (exact) mass is 213 g/mol. The maximum absolute atomic E-state index is 5.98. The van der Waals surface area contributed by atoms with Crippen molar-refractivity contribution in [3.8, 4) is 0 Å². The fourth-order valence-corrected chi connectivity index (χ4v) is 2.08. The highest BCUT2D eigenvalue weighted by molar-refractivity contribution is 4.73. The Labute approximate surface area is 94.6 Å². The topological polar surface area (TPSA) is 32.5 Å². The van der Waals surface area contributed by atoms with Gasteiger partial charge in [-0.2, -0.15) is 0 Å². The zero-order chi connectivity index (χ0) is 11.3. The fourth-order valence-electron chi connectivity index (χ4n) is 2.08. The summed E-state index contributed by atoms with van der Waals surface area (Å²) in [7, 11) is 2.21. The normalized spacial score (nSPS) is 21.6. The maximum atomic E-state index is 5.98. The highest BCUT2D eigenvalue weighted by Gasteiger charge is 2.14. The minimum atomic E-state index is 0.00262. The van der Waals surface area contributed by atoms with E-state index in [0.29, 0.717) is 0 Å². The van der Waals surface area contributed by atoms with Crippen LogP contribution >= 0.6 is 0 Å². The summed E-state index contributed by atoms with van der Waals surface area (Å²) >= 11 is 0. The predicted octanol–water partition coefficient (Wildman–Crippen LogP) is 1.14. The van der Waals surface area contributed by atoms with Crippen molar-refractivity contribution in [2.75, 3.05) is 39.8 Å². The van der Waals surface area contributed by atoms with Crippen molar-refractivity contribution in [2.45, 2.75) is 38.6 Å². The minimum Gasteiger partial charge on any atom is -0.326 e. The summed E-state index contributed by atoms with van der Waals surface area (Å²) in [5.74, 6) is 0. The standard InChI is InChI=1S/C12H27N3/c1-12(2,13)6-4-8-15-9-5-7-14(3)10-11-15/h4-11,13H2,1-3H3. The first-order valence-corrected chi connectivity index (χ1v) is 6.17. The van der Waals surface area contributed by atoms with Gasteiger partial charge in [0.25, 0.3) is 0 Å². The molecular weight excluding hydrogens is 186 g/mol. The SMILES string of the molecule is CN1CCCN(CCCC(C)(C)N)CC1. The second-order valence-electron chi connectivity index (χ2n) is 5.59. The van der Waals surface area contributed by atoms with E-state index in [1.807, 2.05) is 0 Å². The smallest absolute Gasteiger partial charge is 0.0109 e. The molecule has 0 aromatic heterocycles. The number of hydrogen-bond acceptors (Lipinski definition) is 3. The molecular formula is C12H27N3. The summed E-state index contributed by atoms with van der Waals surface area (Å²) < 4.78 is 0. The van der Waals surface area contributed by atoms with Crippen LogP contribution in [0.4, 0.5) is 0 Å². The molecule has 1 fully saturated rings. The summed E-state index contributed by atoms with van der Waals surface area (Å²) in [5, 5.41) is 0. The van der Waals surface area contributed by atoms with Crippen LogP contribution in [0.15, 0.2) is 0 Å². The summed E-state index contributed by atoms with van der Waals surface area (Å²) in [6, 6.07) is 0. The Hall–Kier alpha value is -0.120. The van der Waals surface area contributed by atoms with Gasteiger partial charge >= 0.3 is 0 Å². The van der Waals surface area contributed by atoms with E-state index < -0.39 is 0 Å². The molecule has 1 saturated heterocycles. The summed E-state index contributed by atoms with van der Waals surface area (Å²) in [6.45, 7) is 10.4. The van der Waals surface area contributed by atoms with Crippen molar-refractivity contribution in [1.29, 1.82) is 0 Å². The third kappa shape index (κ3) is 6.13. The number of nitrogens with two attached hydrogens (primary N) is 1. The van der Waals surface area contributed by atoms with Crippen LogP contribution in [0.3, 0.4) is 0 Å². The molecule has 3 nitrogen and oxygen atoms in total. The lowest BCUT2D eigenvalue weighted by Crippen LogP contribution is -2.34. The molecule has 1 aliphatic rings. The molecule has 1 rings (SSSR count). The van der Waals surface area contributed by atoms with E-state index in [4.69, 9.17) is 5.73 Å². The van der Waals surface area contributed by atoms with E-state index in [9.17, 15) is 0 Å². The molecule has 1 aliphatic heterocycles. The zero-order valence-corrected chi connectivity index (χ0v) is 10.6. The Morgan fingerprint density at radius 1 is 1.13 bits per heavy atom. The molecule has 2 N–H and O–H groups in total. The molecule has 3 heteroatoms. The number of hydrogen-bond donors (Lipinski definition) is 1. The first-order chi connectivity index (χ1) is 6.97. The van der Waals surface area contributed by atoms with Gasteiger partial charge in [0.05, 0.1) is 0 Å². The number of rotatable bonds is 4. The Bertz CT molecular complexity index is 174. The molecule has 90 valence electrons. The highest BCUT2D eigenvalue weighted by atomic mass is 15.2. The molecule has 15 heavy (non-hydrogen) atoms. The van der Waals surface area contributed by atoms with Crippen molar-refractivity contribution < 1.29 is 0 Å². The Morgan fingerprint density at radius 2 is 1.87 bits per heavy atom. The lowest BCUT2D eigenvalue weighted by molar-refractivity contribution is 0.263. The molecule has 1 heterocycles. The van der Waals surface area contributed by atoms with Gasteiger partial charge in [-0.15, -0.1) is 0 Å². The Balaban J connectivity index is 2.15. The minimum absolute atomic E-state index is 0.00262. The van der Waals surface area contributed by atoms with Crippen LogP contribution in [0.5, 0.6) is 0 Å². The van der Waals surface area contributed by atoms with Gasteiger partial charge in [0.2, 0.25) is 0 Å². The Kier molecular flexibility index (Phi) is 5.03. The van der Waals surface area contributed by atoms with Crippen molar-refractivity contribution >= 4 is 0 Å². The third-order valence-electron chi connectivity index (χ3n) is 3.11. The van der Waals surface area contributed by atoms with Gasteiger partial charge in [0.1, 0.15) is 0 Å². The molecule has 0 spiro atoms. The highest BCUT2D eigenvalue weighted by Crippen LogP contribution is 2.09. The molecule has 0 atom stereocenters. The van der Waals surface area contributed by atoms with Crippen LogP contribution in [0.25, 0.3) is 0 Å². The van der Waals surface area contributed by atoms with Gasteiger partial charge in [-0.1, -0.05) is 0 Å². The molecule has 0 aromatic rings. The lowest BCUT2D eigenvalue weighted by atomic mass is 10.00. The second-order valence-corrected chi connectivity index (χ2v) is 5.59. The number of nitrogens with zero attached hydrogens (tertiary/aromatic N) is 2. The van der Waals surface area contributed by atoms with Crippen molar-refractivity contribution in [1.82, 2.24) is 9.80 Å². The lowest BCUT2D eigenvalue weighted by Gasteiger charge is -2.23. The van der Waals surface area contributed by atoms with Crippen LogP contribution in [0.2, 0.25) is 0 Å². The molecule has 0 bridgehead atoms. The first kappa shape index (κ1) is 12.9. The van der Waals surface area contributed by atoms with Crippen LogP contribution in [0.1, 0.15) is 33.1 Å². The van der Waals surface area contributed by atoms with Crippen LogP contribution in [0, 0.1) is 0 Å². The Morgan fingerprint density at radius 3 is 2.53 bits per heavy atom. The van der Waals surface area contributed by atoms with E-state index in [2.05, 4.69) is 30.7 Å². The molecule has 0 radical (unpaired) electrons. The van der Waals surface area contributed by atoms with Crippen molar-refractivity contribution in [2.24, 2.45) is 5.73 Å². The third-order valence-corrected chi connectivity index (χ3v) is 3.11. The van der Waals surface area contributed by atoms with Gasteiger partial charge in [-0.3, -0.25) is 0 Å². The van der Waals surface area contributed by atoms with E-state index >= 15 is 0 Å². The molecule has 0 saturated carbocycles. The quantitative estimate of drug-likeness (QED) is 0.760. The first-order valence-electron chi connectivity index (χ1n) is 6.17. The van der Waals surface area contributed by atoms with Gasteiger partial charge in [-0.05, 0) is 59.8 Å². The molecule has 0 amide bonds. The fraction of sp³-hybridized carbons (Fsp3) is 1.00. The van der Waals surface area contributed by atoms with Gasteiger partial charge in [0.15, 0.2) is 0 Å². The maximum Gasteiger partial charge on any atom is 0.0109 e. The van der Waals surface area contributed by atoms with Crippen molar-refractivity contribution in [3.63, 3.8) is 0 Å². The molecule has 0 aromatic carbocycles. The molecule has 0 aliphatic carbocycles. The summed E-state index contributed by atoms with van der Waals surface area (Å²) in [6.07, 6.45) is 3.66. The largest absolute Gasteiger partial charge is 0.326 e. The van der Waals surface area contributed by atoms with Crippen LogP contribution in [-0.2, 0) is 0 Å². The number of likely N-dealkylation sites (N-methyl/N-ethyl adjacent to an activating group) is 1. The van der Waals surface area contributed by atoms with E-state index in [1.165, 1.54) is 45.6 Å². The van der Waals surface area contributed by atoms with Crippen LogP contribution < -0.4 is 5.73 Å². The predicted molar refractivity (Wildman–Crippen MR) is 66.1 cm³/mol. The molecule has 0 unspecified atom stereocenters. The van der Waals surface area contributed by atoms with Gasteiger partial charge in [-0.25, -0.2) is 0 Å². The average Bonchev–Trinajstić information content (AvgIpc) is 2.29. The summed E-state index contributed by atoms with van der Waals surface area (Å²) in [4.78, 5) is 5.00. The van der Waals surface area contributed by atoms with E-state index in [1.54, 1.807) is 0 Å². The van der Waals surface area contributed by atoms with Gasteiger partial charge < -0.3 is 15.5 Å². The van der Waals surface area contributed by atoms with E-state index in [0.717, 1.165) is 6.42 Å². The zero-order valence-electron chi connectivity index (χ0n) is 10.6.